The summed E-state index contributed by atoms with van der Waals surface area (Å²) in [6.45, 7) is 2.06. The Morgan fingerprint density at radius 3 is 2.45 bits per heavy atom. The lowest BCUT2D eigenvalue weighted by Gasteiger charge is -2.44. The molecule has 0 radical (unpaired) electrons. The van der Waals surface area contributed by atoms with Crippen molar-refractivity contribution in [1.29, 1.82) is 0 Å². The van der Waals surface area contributed by atoms with Crippen LogP contribution < -0.4 is 9.47 Å². The fourth-order valence-electron chi connectivity index (χ4n) is 2.13. The maximum absolute atomic E-state index is 12.5. The van der Waals surface area contributed by atoms with Crippen molar-refractivity contribution in [3.8, 4) is 11.5 Å². The van der Waals surface area contributed by atoms with E-state index in [9.17, 15) is 13.5 Å². The summed E-state index contributed by atoms with van der Waals surface area (Å²) in [5, 5.41) is 9.95. The molecule has 0 spiro atoms. The lowest BCUT2D eigenvalue weighted by molar-refractivity contribution is -0.0613. The summed E-state index contributed by atoms with van der Waals surface area (Å²) in [5.41, 5.74) is -0.910. The van der Waals surface area contributed by atoms with E-state index in [2.05, 4.69) is 0 Å². The molecule has 1 heterocycles. The molecule has 1 aliphatic rings. The standard InChI is InChI=1S/C13H19NO5S/c1-4-13(15)8-14(9-13)20(16,17)12-6-5-10(18-2)7-11(12)19-3/h5-7,15H,4,8-9H2,1-3H3. The summed E-state index contributed by atoms with van der Waals surface area (Å²) >= 11 is 0. The van der Waals surface area contributed by atoms with Crippen LogP contribution in [-0.4, -0.2) is 50.7 Å². The van der Waals surface area contributed by atoms with Gasteiger partial charge in [0.05, 0.1) is 19.8 Å². The Morgan fingerprint density at radius 1 is 1.30 bits per heavy atom. The van der Waals surface area contributed by atoms with Gasteiger partial charge in [-0.2, -0.15) is 4.31 Å². The molecule has 6 nitrogen and oxygen atoms in total. The van der Waals surface area contributed by atoms with Gasteiger partial charge in [0.25, 0.3) is 0 Å². The first-order chi connectivity index (χ1) is 9.36. The number of nitrogens with zero attached hydrogens (tertiary/aromatic N) is 1. The predicted molar refractivity (Wildman–Crippen MR) is 73.5 cm³/mol. The van der Waals surface area contributed by atoms with Crippen molar-refractivity contribution in [3.05, 3.63) is 18.2 Å². The topological polar surface area (TPSA) is 76.1 Å². The highest BCUT2D eigenvalue weighted by Gasteiger charge is 2.46. The molecule has 0 atom stereocenters. The van der Waals surface area contributed by atoms with E-state index in [0.717, 1.165) is 0 Å². The van der Waals surface area contributed by atoms with Crippen LogP contribution in [0.15, 0.2) is 23.1 Å². The number of β-amino-alcohol motifs (C(OH)–C–C–N with tert-alkyl or cyclic N) is 1. The van der Waals surface area contributed by atoms with Gasteiger partial charge in [-0.3, -0.25) is 0 Å². The molecule has 1 aliphatic heterocycles. The molecule has 1 fully saturated rings. The number of methoxy groups -OCH3 is 2. The van der Waals surface area contributed by atoms with Gasteiger partial charge in [0, 0.05) is 19.2 Å². The Bertz CT molecular complexity index is 593. The summed E-state index contributed by atoms with van der Waals surface area (Å²) in [5.74, 6) is 0.755. The van der Waals surface area contributed by atoms with Gasteiger partial charge < -0.3 is 14.6 Å². The van der Waals surface area contributed by atoms with E-state index < -0.39 is 15.6 Å². The quantitative estimate of drug-likeness (QED) is 0.872. The second-order valence-electron chi connectivity index (χ2n) is 4.87. The van der Waals surface area contributed by atoms with Crippen molar-refractivity contribution in [2.45, 2.75) is 23.8 Å². The fraction of sp³-hybridized carbons (Fsp3) is 0.538. The molecule has 112 valence electrons. The van der Waals surface area contributed by atoms with Crippen molar-refractivity contribution in [2.75, 3.05) is 27.3 Å². The molecule has 0 bridgehead atoms. The maximum atomic E-state index is 12.5. The summed E-state index contributed by atoms with van der Waals surface area (Å²) in [6, 6.07) is 4.55. The Kier molecular flexibility index (Phi) is 3.95. The summed E-state index contributed by atoms with van der Waals surface area (Å²) in [6.07, 6.45) is 0.527. The van der Waals surface area contributed by atoms with E-state index in [1.54, 1.807) is 6.07 Å². The fourth-order valence-corrected chi connectivity index (χ4v) is 3.87. The van der Waals surface area contributed by atoms with Crippen LogP contribution in [-0.2, 0) is 10.0 Å². The van der Waals surface area contributed by atoms with Gasteiger partial charge in [-0.15, -0.1) is 0 Å². The minimum Gasteiger partial charge on any atom is -0.497 e. The first-order valence-electron chi connectivity index (χ1n) is 6.31. The van der Waals surface area contributed by atoms with Crippen LogP contribution in [0.25, 0.3) is 0 Å². The predicted octanol–water partition coefficient (Wildman–Crippen LogP) is 0.849. The minimum absolute atomic E-state index is 0.0824. The van der Waals surface area contributed by atoms with Crippen molar-refractivity contribution < 1.29 is 23.0 Å². The third-order valence-corrected chi connectivity index (χ3v) is 5.42. The van der Waals surface area contributed by atoms with Gasteiger partial charge in [-0.25, -0.2) is 8.42 Å². The second kappa shape index (κ2) is 5.23. The van der Waals surface area contributed by atoms with Gasteiger partial charge in [-0.05, 0) is 18.6 Å². The molecule has 0 aliphatic carbocycles. The number of ether oxygens (including phenoxy) is 2. The molecule has 1 saturated heterocycles. The number of benzene rings is 1. The number of hydrogen-bond donors (Lipinski definition) is 1. The van der Waals surface area contributed by atoms with E-state index in [-0.39, 0.29) is 23.7 Å². The Hall–Kier alpha value is -1.31. The van der Waals surface area contributed by atoms with E-state index in [1.807, 2.05) is 6.92 Å². The second-order valence-corrected chi connectivity index (χ2v) is 6.77. The van der Waals surface area contributed by atoms with Gasteiger partial charge in [0.2, 0.25) is 10.0 Å². The summed E-state index contributed by atoms with van der Waals surface area (Å²) in [4.78, 5) is 0.0824. The Labute approximate surface area is 119 Å². The highest BCUT2D eigenvalue weighted by molar-refractivity contribution is 7.89. The molecule has 1 aromatic rings. The van der Waals surface area contributed by atoms with Gasteiger partial charge >= 0.3 is 0 Å². The van der Waals surface area contributed by atoms with Crippen LogP contribution in [0.5, 0.6) is 11.5 Å². The van der Waals surface area contributed by atoms with E-state index >= 15 is 0 Å². The molecule has 7 heteroatoms. The molecule has 0 amide bonds. The van der Waals surface area contributed by atoms with Gasteiger partial charge in [-0.1, -0.05) is 6.92 Å². The van der Waals surface area contributed by atoms with E-state index in [0.29, 0.717) is 12.2 Å². The van der Waals surface area contributed by atoms with Crippen LogP contribution in [0.3, 0.4) is 0 Å². The van der Waals surface area contributed by atoms with E-state index in [4.69, 9.17) is 9.47 Å². The maximum Gasteiger partial charge on any atom is 0.246 e. The Balaban J connectivity index is 2.31. The Morgan fingerprint density at radius 2 is 1.95 bits per heavy atom. The highest BCUT2D eigenvalue weighted by atomic mass is 32.2. The molecule has 1 N–H and O–H groups in total. The van der Waals surface area contributed by atoms with Crippen LogP contribution in [0.4, 0.5) is 0 Å². The molecule has 2 rings (SSSR count). The largest absolute Gasteiger partial charge is 0.497 e. The molecule has 0 aromatic heterocycles. The van der Waals surface area contributed by atoms with Crippen molar-refractivity contribution >= 4 is 10.0 Å². The highest BCUT2D eigenvalue weighted by Crippen LogP contribution is 2.35. The van der Waals surface area contributed by atoms with Crippen LogP contribution in [0.1, 0.15) is 13.3 Å². The SMILES string of the molecule is CCC1(O)CN(S(=O)(=O)c2ccc(OC)cc2OC)C1. The lowest BCUT2D eigenvalue weighted by atomic mass is 9.94. The average molecular weight is 301 g/mol. The van der Waals surface area contributed by atoms with Crippen molar-refractivity contribution in [2.24, 2.45) is 0 Å². The zero-order valence-corrected chi connectivity index (χ0v) is 12.6. The number of hydrogen-bond acceptors (Lipinski definition) is 5. The lowest BCUT2D eigenvalue weighted by Crippen LogP contribution is -2.62. The smallest absolute Gasteiger partial charge is 0.246 e. The summed E-state index contributed by atoms with van der Waals surface area (Å²) in [7, 11) is -0.750. The number of rotatable bonds is 5. The van der Waals surface area contributed by atoms with E-state index in [1.165, 1.54) is 30.7 Å². The molecule has 1 aromatic carbocycles. The zero-order chi connectivity index (χ0) is 15.0. The van der Waals surface area contributed by atoms with Crippen molar-refractivity contribution in [3.63, 3.8) is 0 Å². The molecular formula is C13H19NO5S. The first kappa shape index (κ1) is 15.1. The number of aliphatic hydroxyl groups is 1. The first-order valence-corrected chi connectivity index (χ1v) is 7.75. The molecule has 0 saturated carbocycles. The minimum atomic E-state index is -3.66. The normalized spacial score (nSPS) is 18.4. The van der Waals surface area contributed by atoms with Crippen molar-refractivity contribution in [1.82, 2.24) is 4.31 Å². The summed E-state index contributed by atoms with van der Waals surface area (Å²) < 4.78 is 36.4. The zero-order valence-electron chi connectivity index (χ0n) is 11.8. The molecule has 20 heavy (non-hydrogen) atoms. The molecular weight excluding hydrogens is 282 g/mol. The van der Waals surface area contributed by atoms with Gasteiger partial charge in [0.15, 0.2) is 0 Å². The van der Waals surface area contributed by atoms with Crippen LogP contribution >= 0.6 is 0 Å². The average Bonchev–Trinajstić information content (AvgIpc) is 2.42. The van der Waals surface area contributed by atoms with Gasteiger partial charge in [0.1, 0.15) is 16.4 Å². The van der Waals surface area contributed by atoms with Crippen LogP contribution in [0, 0.1) is 0 Å². The number of sulfonamides is 1. The third-order valence-electron chi connectivity index (χ3n) is 3.59. The third kappa shape index (κ3) is 2.48. The van der Waals surface area contributed by atoms with Crippen LogP contribution in [0.2, 0.25) is 0 Å². The molecule has 0 unspecified atom stereocenters. The monoisotopic (exact) mass is 301 g/mol.